The number of rotatable bonds is 13. The number of nitrogens with one attached hydrogen (secondary N) is 4. The first-order valence-corrected chi connectivity index (χ1v) is 14.1. The zero-order valence-electron chi connectivity index (χ0n) is 23.5. The SMILES string of the molecule is NC(=O)C[C@H](NC(=O)c1ccc2ccccc2n1)C(=O)NOC(=O)N[C@@H](Cc1ccccc1)[C@H](O)CNOC1CCCC1. The van der Waals surface area contributed by atoms with Gasteiger partial charge in [-0.2, -0.15) is 11.0 Å². The maximum atomic E-state index is 12.8. The normalized spacial score (nSPS) is 15.3. The Hall–Kier alpha value is -4.59. The third-order valence-electron chi connectivity index (χ3n) is 7.01. The fourth-order valence-corrected chi connectivity index (χ4v) is 4.73. The monoisotopic (exact) mass is 592 g/mol. The van der Waals surface area contributed by atoms with Gasteiger partial charge in [-0.05, 0) is 37.0 Å². The van der Waals surface area contributed by atoms with E-state index in [0.717, 1.165) is 36.6 Å². The van der Waals surface area contributed by atoms with Crippen LogP contribution in [0.2, 0.25) is 0 Å². The van der Waals surface area contributed by atoms with Gasteiger partial charge >= 0.3 is 6.09 Å². The Morgan fingerprint density at radius 3 is 2.42 bits per heavy atom. The van der Waals surface area contributed by atoms with Gasteiger partial charge in [0.15, 0.2) is 0 Å². The molecule has 0 radical (unpaired) electrons. The van der Waals surface area contributed by atoms with Crippen molar-refractivity contribution in [3.8, 4) is 0 Å². The average molecular weight is 593 g/mol. The predicted molar refractivity (Wildman–Crippen MR) is 156 cm³/mol. The third-order valence-corrected chi connectivity index (χ3v) is 7.01. The second kappa shape index (κ2) is 15.6. The molecule has 0 spiro atoms. The largest absolute Gasteiger partial charge is 0.431 e. The number of hydroxylamine groups is 2. The van der Waals surface area contributed by atoms with Crippen LogP contribution in [0.25, 0.3) is 10.9 Å². The number of nitrogens with zero attached hydrogens (tertiary/aromatic N) is 1. The van der Waals surface area contributed by atoms with E-state index >= 15 is 0 Å². The lowest BCUT2D eigenvalue weighted by atomic mass is 10.0. The number of carbonyl (C=O) groups is 4. The number of amides is 4. The number of para-hydroxylation sites is 1. The first kappa shape index (κ1) is 31.3. The Bertz CT molecular complexity index is 1400. The van der Waals surface area contributed by atoms with Crippen LogP contribution in [0.5, 0.6) is 0 Å². The lowest BCUT2D eigenvalue weighted by Gasteiger charge is -2.25. The number of hydrogen-bond acceptors (Lipinski definition) is 9. The van der Waals surface area contributed by atoms with Gasteiger partial charge in [0.2, 0.25) is 5.91 Å². The van der Waals surface area contributed by atoms with Crippen molar-refractivity contribution >= 4 is 34.7 Å². The van der Waals surface area contributed by atoms with Crippen LogP contribution in [0.15, 0.2) is 66.7 Å². The summed E-state index contributed by atoms with van der Waals surface area (Å²) in [5.74, 6) is -2.58. The van der Waals surface area contributed by atoms with Gasteiger partial charge in [0.05, 0.1) is 30.2 Å². The smallest absolute Gasteiger partial charge is 0.390 e. The quantitative estimate of drug-likeness (QED) is 0.159. The maximum absolute atomic E-state index is 12.8. The minimum absolute atomic E-state index is 0.0166. The number of aliphatic hydroxyl groups is 1. The van der Waals surface area contributed by atoms with Crippen LogP contribution < -0.4 is 27.3 Å². The van der Waals surface area contributed by atoms with Gasteiger partial charge in [0.1, 0.15) is 11.7 Å². The number of fused-ring (bicyclic) bond motifs is 1. The van der Waals surface area contributed by atoms with Crippen LogP contribution in [0.4, 0.5) is 4.79 Å². The zero-order valence-corrected chi connectivity index (χ0v) is 23.5. The second-order valence-corrected chi connectivity index (χ2v) is 10.3. The Labute approximate surface area is 248 Å². The van der Waals surface area contributed by atoms with Gasteiger partial charge in [0.25, 0.3) is 11.8 Å². The topological polar surface area (TPSA) is 194 Å². The van der Waals surface area contributed by atoms with Crippen molar-refractivity contribution in [3.05, 3.63) is 78.0 Å². The molecular weight excluding hydrogens is 556 g/mol. The molecule has 1 fully saturated rings. The number of aliphatic hydroxyl groups excluding tert-OH is 1. The van der Waals surface area contributed by atoms with Gasteiger partial charge in [-0.1, -0.05) is 67.4 Å². The summed E-state index contributed by atoms with van der Waals surface area (Å²) in [4.78, 5) is 64.7. The Morgan fingerprint density at radius 1 is 0.953 bits per heavy atom. The number of aromatic nitrogens is 1. The molecule has 1 aromatic heterocycles. The molecule has 4 rings (SSSR count). The molecule has 0 bridgehead atoms. The van der Waals surface area contributed by atoms with Gasteiger partial charge < -0.3 is 26.3 Å². The molecule has 2 aromatic carbocycles. The standard InChI is InChI=1S/C30H36N6O7/c31-27(38)17-25(34-28(39)23-15-14-20-10-4-7-13-22(20)33-23)29(40)36-43-30(41)35-24(16-19-8-2-1-3-9-19)26(37)18-32-42-21-11-5-6-12-21/h1-4,7-10,13-15,21,24-26,32,37H,5-6,11-12,16-18H2,(H2,31,38)(H,34,39)(H,35,41)(H,36,40)/t24-,25-,26+/m0/s1. The molecule has 1 saturated carbocycles. The summed E-state index contributed by atoms with van der Waals surface area (Å²) >= 11 is 0. The molecule has 7 N–H and O–H groups in total. The summed E-state index contributed by atoms with van der Waals surface area (Å²) in [6.45, 7) is 0.0379. The zero-order chi connectivity index (χ0) is 30.6. The summed E-state index contributed by atoms with van der Waals surface area (Å²) in [6.07, 6.45) is 1.72. The molecule has 1 heterocycles. The summed E-state index contributed by atoms with van der Waals surface area (Å²) in [7, 11) is 0. The highest BCUT2D eigenvalue weighted by Crippen LogP contribution is 2.20. The van der Waals surface area contributed by atoms with E-state index in [9.17, 15) is 24.3 Å². The van der Waals surface area contributed by atoms with Crippen LogP contribution in [0.3, 0.4) is 0 Å². The van der Waals surface area contributed by atoms with E-state index in [1.54, 1.807) is 18.2 Å². The highest BCUT2D eigenvalue weighted by Gasteiger charge is 2.27. The van der Waals surface area contributed by atoms with Crippen LogP contribution in [-0.4, -0.2) is 64.7 Å². The molecule has 13 nitrogen and oxygen atoms in total. The van der Waals surface area contributed by atoms with Gasteiger partial charge in [-0.3, -0.25) is 19.2 Å². The highest BCUT2D eigenvalue weighted by atomic mass is 16.7. The van der Waals surface area contributed by atoms with E-state index in [2.05, 4.69) is 21.1 Å². The van der Waals surface area contributed by atoms with Crippen LogP contribution in [0.1, 0.15) is 48.2 Å². The lowest BCUT2D eigenvalue weighted by Crippen LogP contribution is -2.52. The summed E-state index contributed by atoms with van der Waals surface area (Å²) < 4.78 is 0. The number of primary amides is 1. The Balaban J connectivity index is 1.33. The maximum Gasteiger partial charge on any atom is 0.431 e. The molecule has 0 saturated heterocycles. The molecule has 43 heavy (non-hydrogen) atoms. The van der Waals surface area contributed by atoms with E-state index in [-0.39, 0.29) is 24.8 Å². The van der Waals surface area contributed by atoms with Crippen molar-refractivity contribution in [2.75, 3.05) is 6.54 Å². The van der Waals surface area contributed by atoms with Crippen molar-refractivity contribution in [2.45, 2.75) is 62.8 Å². The summed E-state index contributed by atoms with van der Waals surface area (Å²) in [6, 6.07) is 17.3. The lowest BCUT2D eigenvalue weighted by molar-refractivity contribution is -0.133. The van der Waals surface area contributed by atoms with E-state index in [4.69, 9.17) is 15.4 Å². The van der Waals surface area contributed by atoms with E-state index < -0.39 is 48.4 Å². The van der Waals surface area contributed by atoms with Gasteiger partial charge in [-0.25, -0.2) is 9.78 Å². The Morgan fingerprint density at radius 2 is 1.67 bits per heavy atom. The number of carbonyl (C=O) groups excluding carboxylic acids is 4. The molecule has 4 amide bonds. The van der Waals surface area contributed by atoms with Crippen LogP contribution >= 0.6 is 0 Å². The molecule has 0 aliphatic heterocycles. The van der Waals surface area contributed by atoms with Crippen LogP contribution in [-0.2, 0) is 25.7 Å². The van der Waals surface area contributed by atoms with Crippen molar-refractivity contribution in [1.29, 1.82) is 0 Å². The molecule has 228 valence electrons. The van der Waals surface area contributed by atoms with Gasteiger partial charge in [-0.15, -0.1) is 0 Å². The van der Waals surface area contributed by atoms with Crippen molar-refractivity contribution in [3.63, 3.8) is 0 Å². The predicted octanol–water partition coefficient (Wildman–Crippen LogP) is 1.40. The molecule has 3 atom stereocenters. The van der Waals surface area contributed by atoms with Crippen molar-refractivity contribution in [2.24, 2.45) is 5.73 Å². The number of nitrogens with two attached hydrogens (primary N) is 1. The summed E-state index contributed by atoms with van der Waals surface area (Å²) in [5, 5.41) is 16.6. The number of hydrogen-bond donors (Lipinski definition) is 6. The second-order valence-electron chi connectivity index (χ2n) is 10.3. The van der Waals surface area contributed by atoms with Crippen LogP contribution in [0, 0.1) is 0 Å². The number of pyridine rings is 1. The molecule has 3 aromatic rings. The van der Waals surface area contributed by atoms with Crippen molar-refractivity contribution in [1.82, 2.24) is 26.6 Å². The summed E-state index contributed by atoms with van der Waals surface area (Å²) in [5.41, 5.74) is 11.4. The average Bonchev–Trinajstić information content (AvgIpc) is 3.53. The molecule has 0 unspecified atom stereocenters. The van der Waals surface area contributed by atoms with E-state index in [1.165, 1.54) is 6.07 Å². The Kier molecular flexibility index (Phi) is 11.4. The first-order chi connectivity index (χ1) is 20.8. The minimum Gasteiger partial charge on any atom is -0.390 e. The minimum atomic E-state index is -1.45. The molecule has 1 aliphatic rings. The first-order valence-electron chi connectivity index (χ1n) is 14.1. The van der Waals surface area contributed by atoms with E-state index in [0.29, 0.717) is 5.52 Å². The van der Waals surface area contributed by atoms with E-state index in [1.807, 2.05) is 47.9 Å². The number of benzene rings is 2. The highest BCUT2D eigenvalue weighted by molar-refractivity contribution is 5.99. The molecular formula is C30H36N6O7. The molecule has 1 aliphatic carbocycles. The van der Waals surface area contributed by atoms with Gasteiger partial charge in [0, 0.05) is 11.9 Å². The molecule has 13 heteroatoms. The fraction of sp³-hybridized carbons (Fsp3) is 0.367. The fourth-order valence-electron chi connectivity index (χ4n) is 4.73. The van der Waals surface area contributed by atoms with Crippen molar-refractivity contribution < 1.29 is 34.0 Å². The third kappa shape index (κ3) is 9.74.